The molecule has 0 saturated carbocycles. The lowest BCUT2D eigenvalue weighted by Crippen LogP contribution is -2.37. The summed E-state index contributed by atoms with van der Waals surface area (Å²) >= 11 is 0. The SMILES string of the molecule is COC(=O)c1c(C)[nH]c(C(=O)NC(C(N)=O)c2ccccc2)c1C. The van der Waals surface area contributed by atoms with Crippen molar-refractivity contribution in [1.82, 2.24) is 10.3 Å². The van der Waals surface area contributed by atoms with E-state index in [9.17, 15) is 14.4 Å². The number of rotatable bonds is 5. The van der Waals surface area contributed by atoms with Crippen LogP contribution in [0, 0.1) is 13.8 Å². The van der Waals surface area contributed by atoms with Crippen LogP contribution in [0.25, 0.3) is 0 Å². The number of aromatic amines is 1. The van der Waals surface area contributed by atoms with Crippen molar-refractivity contribution in [2.45, 2.75) is 19.9 Å². The second kappa shape index (κ2) is 6.99. The van der Waals surface area contributed by atoms with E-state index in [0.717, 1.165) is 0 Å². The van der Waals surface area contributed by atoms with E-state index in [1.807, 2.05) is 0 Å². The average molecular weight is 329 g/mol. The molecule has 7 heteroatoms. The molecule has 7 nitrogen and oxygen atoms in total. The van der Waals surface area contributed by atoms with Gasteiger partial charge in [-0.05, 0) is 25.0 Å². The van der Waals surface area contributed by atoms with Crippen LogP contribution in [0.4, 0.5) is 0 Å². The van der Waals surface area contributed by atoms with Crippen molar-refractivity contribution >= 4 is 17.8 Å². The summed E-state index contributed by atoms with van der Waals surface area (Å²) < 4.78 is 4.71. The number of carbonyl (C=O) groups excluding carboxylic acids is 3. The number of aryl methyl sites for hydroxylation is 1. The van der Waals surface area contributed by atoms with E-state index in [-0.39, 0.29) is 5.69 Å². The minimum atomic E-state index is -0.969. The van der Waals surface area contributed by atoms with Crippen LogP contribution in [0.5, 0.6) is 0 Å². The highest BCUT2D eigenvalue weighted by molar-refractivity contribution is 6.02. The minimum absolute atomic E-state index is 0.190. The third-order valence-electron chi connectivity index (χ3n) is 3.75. The molecule has 126 valence electrons. The highest BCUT2D eigenvalue weighted by Crippen LogP contribution is 2.20. The molecule has 0 aliphatic carbocycles. The number of hydrogen-bond donors (Lipinski definition) is 3. The van der Waals surface area contributed by atoms with Crippen LogP contribution >= 0.6 is 0 Å². The Kier molecular flexibility index (Phi) is 5.03. The molecule has 2 amide bonds. The van der Waals surface area contributed by atoms with Gasteiger partial charge in [-0.2, -0.15) is 0 Å². The van der Waals surface area contributed by atoms with Gasteiger partial charge < -0.3 is 20.8 Å². The largest absolute Gasteiger partial charge is 0.465 e. The monoisotopic (exact) mass is 329 g/mol. The molecule has 0 saturated heterocycles. The summed E-state index contributed by atoms with van der Waals surface area (Å²) in [7, 11) is 1.27. The van der Waals surface area contributed by atoms with Gasteiger partial charge in [0, 0.05) is 5.69 Å². The summed E-state index contributed by atoms with van der Waals surface area (Å²) in [5, 5.41) is 2.59. The zero-order valence-electron chi connectivity index (χ0n) is 13.7. The van der Waals surface area contributed by atoms with E-state index in [1.54, 1.807) is 44.2 Å². The van der Waals surface area contributed by atoms with Crippen LogP contribution in [-0.2, 0) is 9.53 Å². The topological polar surface area (TPSA) is 114 Å². The van der Waals surface area contributed by atoms with Gasteiger partial charge in [-0.15, -0.1) is 0 Å². The number of H-pyrrole nitrogens is 1. The Morgan fingerprint density at radius 1 is 1.17 bits per heavy atom. The second-order valence-electron chi connectivity index (χ2n) is 5.34. The van der Waals surface area contributed by atoms with Crippen LogP contribution in [0.3, 0.4) is 0 Å². The molecule has 0 aliphatic heterocycles. The van der Waals surface area contributed by atoms with Crippen LogP contribution in [-0.4, -0.2) is 29.9 Å². The van der Waals surface area contributed by atoms with Gasteiger partial charge in [0.15, 0.2) is 0 Å². The molecule has 24 heavy (non-hydrogen) atoms. The first kappa shape index (κ1) is 17.3. The summed E-state index contributed by atoms with van der Waals surface area (Å²) in [5.74, 6) is -1.74. The summed E-state index contributed by atoms with van der Waals surface area (Å²) in [6, 6.07) is 7.71. The first-order valence-electron chi connectivity index (χ1n) is 7.29. The number of carbonyl (C=O) groups is 3. The summed E-state index contributed by atoms with van der Waals surface area (Å²) in [5.41, 5.74) is 7.44. The fourth-order valence-corrected chi connectivity index (χ4v) is 2.55. The van der Waals surface area contributed by atoms with Crippen molar-refractivity contribution in [2.24, 2.45) is 5.73 Å². The Balaban J connectivity index is 2.32. The normalized spacial score (nSPS) is 11.6. The van der Waals surface area contributed by atoms with Crippen LogP contribution in [0.15, 0.2) is 30.3 Å². The second-order valence-corrected chi connectivity index (χ2v) is 5.34. The molecular weight excluding hydrogens is 310 g/mol. The number of hydrogen-bond acceptors (Lipinski definition) is 4. The number of aromatic nitrogens is 1. The zero-order chi connectivity index (χ0) is 17.9. The predicted molar refractivity (Wildman–Crippen MR) is 87.4 cm³/mol. The van der Waals surface area contributed by atoms with Gasteiger partial charge in [-0.25, -0.2) is 4.79 Å². The van der Waals surface area contributed by atoms with Crippen molar-refractivity contribution < 1.29 is 19.1 Å². The number of ether oxygens (including phenoxy) is 1. The predicted octanol–water partition coefficient (Wildman–Crippen LogP) is 1.37. The Morgan fingerprint density at radius 2 is 1.79 bits per heavy atom. The molecule has 0 radical (unpaired) electrons. The third kappa shape index (κ3) is 3.29. The molecule has 1 aromatic carbocycles. The number of benzene rings is 1. The van der Waals surface area contributed by atoms with E-state index >= 15 is 0 Å². The lowest BCUT2D eigenvalue weighted by atomic mass is 10.1. The van der Waals surface area contributed by atoms with Gasteiger partial charge in [-0.3, -0.25) is 9.59 Å². The van der Waals surface area contributed by atoms with Crippen molar-refractivity contribution in [3.8, 4) is 0 Å². The molecule has 1 unspecified atom stereocenters. The Labute approximate surface area is 139 Å². The first-order chi connectivity index (χ1) is 11.4. The molecule has 1 atom stereocenters. The van der Waals surface area contributed by atoms with Gasteiger partial charge in [0.2, 0.25) is 5.91 Å². The first-order valence-corrected chi connectivity index (χ1v) is 7.29. The van der Waals surface area contributed by atoms with Crippen molar-refractivity contribution in [2.75, 3.05) is 7.11 Å². The zero-order valence-corrected chi connectivity index (χ0v) is 13.7. The molecular formula is C17H19N3O4. The maximum Gasteiger partial charge on any atom is 0.339 e. The molecule has 2 rings (SSSR count). The lowest BCUT2D eigenvalue weighted by molar-refractivity contribution is -0.120. The van der Waals surface area contributed by atoms with E-state index in [4.69, 9.17) is 10.5 Å². The van der Waals surface area contributed by atoms with E-state index in [1.165, 1.54) is 7.11 Å². The summed E-state index contributed by atoms with van der Waals surface area (Å²) in [6.07, 6.45) is 0. The number of esters is 1. The fraction of sp³-hybridized carbons (Fsp3) is 0.235. The van der Waals surface area contributed by atoms with Gasteiger partial charge in [0.1, 0.15) is 11.7 Å². The van der Waals surface area contributed by atoms with Gasteiger partial charge in [-0.1, -0.05) is 30.3 Å². The Hall–Kier alpha value is -3.09. The number of primary amides is 1. The number of nitrogens with one attached hydrogen (secondary N) is 2. The molecule has 0 bridgehead atoms. The molecule has 0 aliphatic rings. The quantitative estimate of drug-likeness (QED) is 0.719. The van der Waals surface area contributed by atoms with Gasteiger partial charge >= 0.3 is 5.97 Å². The minimum Gasteiger partial charge on any atom is -0.465 e. The van der Waals surface area contributed by atoms with Gasteiger partial charge in [0.05, 0.1) is 12.7 Å². The number of amides is 2. The summed E-state index contributed by atoms with van der Waals surface area (Å²) in [6.45, 7) is 3.30. The Morgan fingerprint density at radius 3 is 2.33 bits per heavy atom. The van der Waals surface area contributed by atoms with Crippen molar-refractivity contribution in [1.29, 1.82) is 0 Å². The van der Waals surface area contributed by atoms with Crippen molar-refractivity contribution in [3.63, 3.8) is 0 Å². The fourth-order valence-electron chi connectivity index (χ4n) is 2.55. The summed E-state index contributed by atoms with van der Waals surface area (Å²) in [4.78, 5) is 38.9. The van der Waals surface area contributed by atoms with Crippen LogP contribution in [0.2, 0.25) is 0 Å². The standard InChI is InChI=1S/C17H19N3O4/c1-9-12(17(23)24-3)10(2)19-13(9)16(22)20-14(15(18)21)11-7-5-4-6-8-11/h4-8,14,19H,1-3H3,(H2,18,21)(H,20,22). The Bertz CT molecular complexity index is 781. The molecule has 2 aromatic rings. The highest BCUT2D eigenvalue weighted by Gasteiger charge is 2.26. The van der Waals surface area contributed by atoms with Crippen LogP contribution in [0.1, 0.15) is 43.7 Å². The smallest absolute Gasteiger partial charge is 0.339 e. The molecule has 0 fully saturated rings. The van der Waals surface area contributed by atoms with Crippen molar-refractivity contribution in [3.05, 3.63) is 58.4 Å². The maximum absolute atomic E-state index is 12.5. The third-order valence-corrected chi connectivity index (χ3v) is 3.75. The maximum atomic E-state index is 12.5. The molecule has 1 heterocycles. The van der Waals surface area contributed by atoms with Gasteiger partial charge in [0.25, 0.3) is 5.91 Å². The molecule has 4 N–H and O–H groups in total. The molecule has 0 spiro atoms. The van der Waals surface area contributed by atoms with Crippen LogP contribution < -0.4 is 11.1 Å². The lowest BCUT2D eigenvalue weighted by Gasteiger charge is -2.15. The molecule has 1 aromatic heterocycles. The average Bonchev–Trinajstić information content (AvgIpc) is 2.87. The number of nitrogens with two attached hydrogens (primary N) is 1. The van der Waals surface area contributed by atoms with E-state index in [0.29, 0.717) is 22.4 Å². The number of methoxy groups -OCH3 is 1. The van der Waals surface area contributed by atoms with E-state index in [2.05, 4.69) is 10.3 Å². The van der Waals surface area contributed by atoms with E-state index < -0.39 is 23.8 Å². The highest BCUT2D eigenvalue weighted by atomic mass is 16.5.